The van der Waals surface area contributed by atoms with E-state index in [1.165, 1.54) is 32.8 Å². The maximum atomic E-state index is 11.5. The fourth-order valence-electron chi connectivity index (χ4n) is 2.37. The Morgan fingerprint density at radius 3 is 2.50 bits per heavy atom. The van der Waals surface area contributed by atoms with Crippen molar-refractivity contribution in [2.75, 3.05) is 30.8 Å². The molecule has 4 heteroatoms. The van der Waals surface area contributed by atoms with Crippen molar-refractivity contribution in [3.8, 4) is 0 Å². The lowest BCUT2D eigenvalue weighted by Gasteiger charge is -2.24. The zero-order valence-corrected chi connectivity index (χ0v) is 10.8. The van der Waals surface area contributed by atoms with Crippen LogP contribution in [0.15, 0.2) is 18.2 Å². The van der Waals surface area contributed by atoms with Crippen LogP contribution in [0.3, 0.4) is 0 Å². The van der Waals surface area contributed by atoms with Gasteiger partial charge in [-0.15, -0.1) is 0 Å². The second kappa shape index (κ2) is 5.76. The number of ether oxygens (including phenoxy) is 1. The number of rotatable bonds is 2. The molecule has 1 aliphatic rings. The van der Waals surface area contributed by atoms with Crippen molar-refractivity contribution in [3.63, 3.8) is 0 Å². The minimum atomic E-state index is -0.314. The highest BCUT2D eigenvalue weighted by atomic mass is 16.5. The average Bonchev–Trinajstić information content (AvgIpc) is 2.67. The minimum absolute atomic E-state index is 0.314. The van der Waals surface area contributed by atoms with Crippen LogP contribution >= 0.6 is 0 Å². The Morgan fingerprint density at radius 1 is 1.22 bits per heavy atom. The van der Waals surface area contributed by atoms with E-state index in [1.807, 2.05) is 6.07 Å². The number of nitrogens with zero attached hydrogens (tertiary/aromatic N) is 1. The van der Waals surface area contributed by atoms with Gasteiger partial charge in [0.1, 0.15) is 0 Å². The van der Waals surface area contributed by atoms with Crippen LogP contribution in [0, 0.1) is 0 Å². The van der Waals surface area contributed by atoms with Crippen molar-refractivity contribution < 1.29 is 9.53 Å². The quantitative estimate of drug-likeness (QED) is 0.645. The second-order valence-corrected chi connectivity index (χ2v) is 4.67. The molecular weight excluding hydrogens is 228 g/mol. The fraction of sp³-hybridized carbons (Fsp3) is 0.500. The molecule has 2 N–H and O–H groups in total. The summed E-state index contributed by atoms with van der Waals surface area (Å²) in [7, 11) is 1.39. The number of anilines is 2. The molecule has 2 rings (SSSR count). The summed E-state index contributed by atoms with van der Waals surface area (Å²) >= 11 is 0. The molecule has 0 amide bonds. The monoisotopic (exact) mass is 248 g/mol. The Kier molecular flexibility index (Phi) is 4.07. The summed E-state index contributed by atoms with van der Waals surface area (Å²) in [6.45, 7) is 2.02. The molecule has 0 spiro atoms. The zero-order valence-electron chi connectivity index (χ0n) is 10.8. The number of esters is 1. The van der Waals surface area contributed by atoms with E-state index >= 15 is 0 Å². The number of nitrogen functional groups attached to an aromatic ring is 1. The first-order chi connectivity index (χ1) is 8.72. The van der Waals surface area contributed by atoms with E-state index in [0.717, 1.165) is 24.5 Å². The van der Waals surface area contributed by atoms with Crippen molar-refractivity contribution in [1.29, 1.82) is 0 Å². The number of hydrogen-bond donors (Lipinski definition) is 1. The number of hydrogen-bond acceptors (Lipinski definition) is 4. The van der Waals surface area contributed by atoms with Gasteiger partial charge >= 0.3 is 5.97 Å². The summed E-state index contributed by atoms with van der Waals surface area (Å²) in [5.74, 6) is -0.314. The van der Waals surface area contributed by atoms with Crippen LogP contribution in [0.1, 0.15) is 36.0 Å². The van der Waals surface area contributed by atoms with Gasteiger partial charge in [-0.1, -0.05) is 12.8 Å². The molecule has 1 saturated heterocycles. The molecule has 1 aromatic rings. The first-order valence-electron chi connectivity index (χ1n) is 6.45. The van der Waals surface area contributed by atoms with E-state index in [1.54, 1.807) is 12.1 Å². The molecule has 0 saturated carbocycles. The predicted octanol–water partition coefficient (Wildman–Crippen LogP) is 2.44. The molecular formula is C14H20N2O2. The Labute approximate surface area is 108 Å². The zero-order chi connectivity index (χ0) is 13.0. The van der Waals surface area contributed by atoms with Gasteiger partial charge in [0.2, 0.25) is 0 Å². The Bertz CT molecular complexity index is 424. The van der Waals surface area contributed by atoms with E-state index < -0.39 is 0 Å². The van der Waals surface area contributed by atoms with Gasteiger partial charge in [0.15, 0.2) is 0 Å². The molecule has 0 atom stereocenters. The average molecular weight is 248 g/mol. The molecule has 0 aliphatic carbocycles. The van der Waals surface area contributed by atoms with Crippen LogP contribution < -0.4 is 10.6 Å². The van der Waals surface area contributed by atoms with Gasteiger partial charge in [-0.05, 0) is 31.0 Å². The van der Waals surface area contributed by atoms with Crippen molar-refractivity contribution in [1.82, 2.24) is 0 Å². The second-order valence-electron chi connectivity index (χ2n) is 4.67. The van der Waals surface area contributed by atoms with Crippen molar-refractivity contribution >= 4 is 17.3 Å². The molecule has 0 radical (unpaired) electrons. The number of nitrogens with two attached hydrogens (primary N) is 1. The Morgan fingerprint density at radius 2 is 1.89 bits per heavy atom. The third kappa shape index (κ3) is 2.75. The van der Waals surface area contributed by atoms with Crippen LogP contribution in [-0.4, -0.2) is 26.2 Å². The lowest BCUT2D eigenvalue weighted by atomic mass is 10.1. The molecule has 1 heterocycles. The highest BCUT2D eigenvalue weighted by Crippen LogP contribution is 2.27. The number of methoxy groups -OCH3 is 1. The van der Waals surface area contributed by atoms with E-state index in [9.17, 15) is 4.79 Å². The largest absolute Gasteiger partial charge is 0.465 e. The molecule has 18 heavy (non-hydrogen) atoms. The van der Waals surface area contributed by atoms with Crippen LogP contribution in [0.2, 0.25) is 0 Å². The van der Waals surface area contributed by atoms with E-state index in [2.05, 4.69) is 4.90 Å². The predicted molar refractivity (Wildman–Crippen MR) is 72.9 cm³/mol. The van der Waals surface area contributed by atoms with Crippen LogP contribution in [0.25, 0.3) is 0 Å². The van der Waals surface area contributed by atoms with E-state index in [0.29, 0.717) is 5.56 Å². The highest BCUT2D eigenvalue weighted by Gasteiger charge is 2.15. The van der Waals surface area contributed by atoms with Crippen molar-refractivity contribution in [2.45, 2.75) is 25.7 Å². The third-order valence-corrected chi connectivity index (χ3v) is 3.40. The highest BCUT2D eigenvalue weighted by molar-refractivity contribution is 5.92. The summed E-state index contributed by atoms with van der Waals surface area (Å²) in [5, 5.41) is 0. The molecule has 0 unspecified atom stereocenters. The third-order valence-electron chi connectivity index (χ3n) is 3.40. The number of carbonyl (C=O) groups is 1. The minimum Gasteiger partial charge on any atom is -0.465 e. The summed E-state index contributed by atoms with van der Waals surface area (Å²) in [4.78, 5) is 13.8. The Balaban J connectivity index is 2.27. The molecule has 1 aromatic carbocycles. The smallest absolute Gasteiger partial charge is 0.337 e. The summed E-state index contributed by atoms with van der Waals surface area (Å²) < 4.78 is 4.74. The fourth-order valence-corrected chi connectivity index (χ4v) is 2.37. The maximum absolute atomic E-state index is 11.5. The van der Waals surface area contributed by atoms with Crippen LogP contribution in [0.5, 0.6) is 0 Å². The Hall–Kier alpha value is -1.71. The van der Waals surface area contributed by atoms with Gasteiger partial charge in [-0.25, -0.2) is 4.79 Å². The molecule has 98 valence electrons. The first kappa shape index (κ1) is 12.7. The van der Waals surface area contributed by atoms with E-state index in [4.69, 9.17) is 10.5 Å². The van der Waals surface area contributed by atoms with Crippen molar-refractivity contribution in [3.05, 3.63) is 23.8 Å². The molecule has 0 aromatic heterocycles. The summed E-state index contributed by atoms with van der Waals surface area (Å²) in [5.41, 5.74) is 8.26. The SMILES string of the molecule is COC(=O)c1ccc(N)c(N2CCCCCC2)c1. The van der Waals surface area contributed by atoms with Gasteiger partial charge in [-0.2, -0.15) is 0 Å². The number of benzene rings is 1. The molecule has 1 aliphatic heterocycles. The van der Waals surface area contributed by atoms with Crippen LogP contribution in [0.4, 0.5) is 11.4 Å². The van der Waals surface area contributed by atoms with Crippen LogP contribution in [-0.2, 0) is 4.74 Å². The van der Waals surface area contributed by atoms with Gasteiger partial charge in [-0.3, -0.25) is 0 Å². The lowest BCUT2D eigenvalue weighted by Crippen LogP contribution is -2.25. The molecule has 0 bridgehead atoms. The van der Waals surface area contributed by atoms with Gasteiger partial charge in [0, 0.05) is 13.1 Å². The van der Waals surface area contributed by atoms with Crippen molar-refractivity contribution in [2.24, 2.45) is 0 Å². The standard InChI is InChI=1S/C14H20N2O2/c1-18-14(17)11-6-7-12(15)13(10-11)16-8-4-2-3-5-9-16/h6-7,10H,2-5,8-9,15H2,1H3. The summed E-state index contributed by atoms with van der Waals surface area (Å²) in [6, 6.07) is 5.33. The van der Waals surface area contributed by atoms with Gasteiger partial charge in [0.05, 0.1) is 24.0 Å². The molecule has 1 fully saturated rings. The van der Waals surface area contributed by atoms with E-state index in [-0.39, 0.29) is 5.97 Å². The lowest BCUT2D eigenvalue weighted by molar-refractivity contribution is 0.0601. The first-order valence-corrected chi connectivity index (χ1v) is 6.45. The normalized spacial score (nSPS) is 16.2. The topological polar surface area (TPSA) is 55.6 Å². The number of carbonyl (C=O) groups excluding carboxylic acids is 1. The molecule has 4 nitrogen and oxygen atoms in total. The van der Waals surface area contributed by atoms with Gasteiger partial charge in [0.25, 0.3) is 0 Å². The summed E-state index contributed by atoms with van der Waals surface area (Å²) in [6.07, 6.45) is 4.91. The maximum Gasteiger partial charge on any atom is 0.337 e. The van der Waals surface area contributed by atoms with Gasteiger partial charge < -0.3 is 15.4 Å².